The number of anilines is 1. The average molecular weight is 419 g/mol. The third kappa shape index (κ3) is 6.60. The maximum Gasteiger partial charge on any atom is 0.338 e. The third-order valence-electron chi connectivity index (χ3n) is 4.05. The highest BCUT2D eigenvalue weighted by Crippen LogP contribution is 2.20. The number of benzene rings is 2. The second-order valence-corrected chi connectivity index (χ2v) is 8.91. The molecule has 2 rings (SSSR count). The molecule has 0 bridgehead atoms. The largest absolute Gasteiger partial charge is 0.452 e. The van der Waals surface area contributed by atoms with Gasteiger partial charge >= 0.3 is 5.97 Å². The van der Waals surface area contributed by atoms with Gasteiger partial charge in [-0.1, -0.05) is 32.0 Å². The maximum absolute atomic E-state index is 12.7. The first kappa shape index (κ1) is 22.4. The number of carbonyl (C=O) groups excluding carboxylic acids is 2. The van der Waals surface area contributed by atoms with E-state index in [1.165, 1.54) is 18.2 Å². The van der Waals surface area contributed by atoms with Crippen molar-refractivity contribution in [2.45, 2.75) is 32.6 Å². The fraction of sp³-hybridized carbons (Fsp3) is 0.333. The van der Waals surface area contributed by atoms with Gasteiger partial charge in [0.1, 0.15) is 0 Å². The minimum absolute atomic E-state index is 0.0687. The molecule has 0 radical (unpaired) electrons. The second kappa shape index (κ2) is 9.56. The van der Waals surface area contributed by atoms with Gasteiger partial charge in [-0.25, -0.2) is 13.2 Å². The van der Waals surface area contributed by atoms with Crippen LogP contribution >= 0.6 is 0 Å². The molecular weight excluding hydrogens is 392 g/mol. The molecule has 0 fully saturated rings. The van der Waals surface area contributed by atoms with Crippen molar-refractivity contribution in [3.63, 3.8) is 0 Å². The van der Waals surface area contributed by atoms with Gasteiger partial charge in [-0.2, -0.15) is 0 Å². The normalized spacial score (nSPS) is 11.2. The van der Waals surface area contributed by atoms with Gasteiger partial charge in [0.2, 0.25) is 0 Å². The molecule has 7 nitrogen and oxygen atoms in total. The van der Waals surface area contributed by atoms with Crippen LogP contribution in [0.5, 0.6) is 0 Å². The van der Waals surface area contributed by atoms with E-state index in [-0.39, 0.29) is 16.4 Å². The molecule has 1 amide bonds. The standard InChI is InChI=1S/C21H26N2O5S/c1-14(2)12-22-20(24)13-28-21(25)19-11-18(9-8-16(19)4)29(26,27)23-17-7-5-6-15(3)10-17/h5-11,14,23H,12-13H2,1-4H3,(H,22,24). The van der Waals surface area contributed by atoms with E-state index in [4.69, 9.17) is 4.74 Å². The summed E-state index contributed by atoms with van der Waals surface area (Å²) >= 11 is 0. The molecule has 0 atom stereocenters. The zero-order chi connectivity index (χ0) is 21.6. The molecule has 0 saturated heterocycles. The van der Waals surface area contributed by atoms with E-state index in [0.29, 0.717) is 17.8 Å². The molecule has 0 aliphatic rings. The second-order valence-electron chi connectivity index (χ2n) is 7.23. The Hall–Kier alpha value is -2.87. The van der Waals surface area contributed by atoms with Crippen molar-refractivity contribution in [2.75, 3.05) is 17.9 Å². The molecule has 156 valence electrons. The van der Waals surface area contributed by atoms with E-state index in [1.54, 1.807) is 25.1 Å². The zero-order valence-electron chi connectivity index (χ0n) is 17.0. The lowest BCUT2D eigenvalue weighted by Gasteiger charge is -2.12. The van der Waals surface area contributed by atoms with Crippen LogP contribution in [0.25, 0.3) is 0 Å². The van der Waals surface area contributed by atoms with Crippen LogP contribution in [0.2, 0.25) is 0 Å². The van der Waals surface area contributed by atoms with Crippen molar-refractivity contribution in [2.24, 2.45) is 5.92 Å². The molecule has 2 aromatic carbocycles. The van der Waals surface area contributed by atoms with Crippen LogP contribution in [0.4, 0.5) is 5.69 Å². The van der Waals surface area contributed by atoms with Crippen LogP contribution in [0.3, 0.4) is 0 Å². The number of amides is 1. The van der Waals surface area contributed by atoms with Gasteiger partial charge in [0.05, 0.1) is 10.5 Å². The van der Waals surface area contributed by atoms with E-state index in [2.05, 4.69) is 10.0 Å². The lowest BCUT2D eigenvalue weighted by molar-refractivity contribution is -0.124. The van der Waals surface area contributed by atoms with Gasteiger partial charge in [0.15, 0.2) is 6.61 Å². The predicted octanol–water partition coefficient (Wildman–Crippen LogP) is 3.03. The van der Waals surface area contributed by atoms with Crippen molar-refractivity contribution >= 4 is 27.6 Å². The van der Waals surface area contributed by atoms with Crippen LogP contribution in [0.15, 0.2) is 47.4 Å². The molecule has 0 aliphatic heterocycles. The molecule has 29 heavy (non-hydrogen) atoms. The molecule has 8 heteroatoms. The smallest absolute Gasteiger partial charge is 0.338 e. The topological polar surface area (TPSA) is 102 Å². The minimum Gasteiger partial charge on any atom is -0.452 e. The Bertz CT molecular complexity index is 1000. The van der Waals surface area contributed by atoms with Gasteiger partial charge in [0.25, 0.3) is 15.9 Å². The SMILES string of the molecule is Cc1cccc(NS(=O)(=O)c2ccc(C)c(C(=O)OCC(=O)NCC(C)C)c2)c1. The Labute approximate surface area is 171 Å². The Balaban J connectivity index is 2.14. The van der Waals surface area contributed by atoms with Gasteiger partial charge in [0, 0.05) is 12.2 Å². The highest BCUT2D eigenvalue weighted by molar-refractivity contribution is 7.92. The summed E-state index contributed by atoms with van der Waals surface area (Å²) in [5.41, 5.74) is 1.98. The summed E-state index contributed by atoms with van der Waals surface area (Å²) in [6, 6.07) is 11.1. The number of aryl methyl sites for hydroxylation is 2. The van der Waals surface area contributed by atoms with E-state index < -0.39 is 28.5 Å². The number of esters is 1. The van der Waals surface area contributed by atoms with Crippen LogP contribution in [-0.2, 0) is 19.6 Å². The molecule has 2 aromatic rings. The maximum atomic E-state index is 12.7. The summed E-state index contributed by atoms with van der Waals surface area (Å²) in [6.45, 7) is 7.48. The lowest BCUT2D eigenvalue weighted by atomic mass is 10.1. The first-order valence-corrected chi connectivity index (χ1v) is 10.7. The van der Waals surface area contributed by atoms with Crippen LogP contribution < -0.4 is 10.0 Å². The number of carbonyl (C=O) groups is 2. The summed E-state index contributed by atoms with van der Waals surface area (Å²) < 4.78 is 32.9. The molecule has 0 unspecified atom stereocenters. The summed E-state index contributed by atoms with van der Waals surface area (Å²) in [7, 11) is -3.89. The lowest BCUT2D eigenvalue weighted by Crippen LogP contribution is -2.31. The Morgan fingerprint density at radius 3 is 2.45 bits per heavy atom. The van der Waals surface area contributed by atoms with Gasteiger partial charge in [-0.3, -0.25) is 9.52 Å². The van der Waals surface area contributed by atoms with Crippen molar-refractivity contribution in [3.8, 4) is 0 Å². The fourth-order valence-corrected chi connectivity index (χ4v) is 3.56. The van der Waals surface area contributed by atoms with Gasteiger partial charge < -0.3 is 10.1 Å². The molecule has 0 saturated carbocycles. The van der Waals surface area contributed by atoms with Crippen LogP contribution in [0.1, 0.15) is 35.3 Å². The van der Waals surface area contributed by atoms with E-state index in [9.17, 15) is 18.0 Å². The number of hydrogen-bond donors (Lipinski definition) is 2. The number of rotatable bonds is 8. The number of hydrogen-bond acceptors (Lipinski definition) is 5. The van der Waals surface area contributed by atoms with Crippen molar-refractivity contribution in [1.82, 2.24) is 5.32 Å². The molecule has 0 aliphatic carbocycles. The number of nitrogens with one attached hydrogen (secondary N) is 2. The van der Waals surface area contributed by atoms with E-state index in [1.807, 2.05) is 26.8 Å². The van der Waals surface area contributed by atoms with E-state index >= 15 is 0 Å². The summed E-state index contributed by atoms with van der Waals surface area (Å²) in [6.07, 6.45) is 0. The Morgan fingerprint density at radius 1 is 1.07 bits per heavy atom. The minimum atomic E-state index is -3.89. The molecular formula is C21H26N2O5S. The third-order valence-corrected chi connectivity index (χ3v) is 5.43. The Morgan fingerprint density at radius 2 is 1.79 bits per heavy atom. The van der Waals surface area contributed by atoms with Crippen molar-refractivity contribution in [1.29, 1.82) is 0 Å². The van der Waals surface area contributed by atoms with Crippen LogP contribution in [-0.4, -0.2) is 33.4 Å². The fourth-order valence-electron chi connectivity index (χ4n) is 2.49. The molecule has 0 spiro atoms. The molecule has 0 aromatic heterocycles. The predicted molar refractivity (Wildman–Crippen MR) is 111 cm³/mol. The highest BCUT2D eigenvalue weighted by Gasteiger charge is 2.20. The Kier molecular flexibility index (Phi) is 7.39. The summed E-state index contributed by atoms with van der Waals surface area (Å²) in [5.74, 6) is -0.885. The highest BCUT2D eigenvalue weighted by atomic mass is 32.2. The zero-order valence-corrected chi connectivity index (χ0v) is 17.8. The summed E-state index contributed by atoms with van der Waals surface area (Å²) in [5, 5.41) is 2.65. The van der Waals surface area contributed by atoms with Gasteiger partial charge in [-0.05, 0) is 55.2 Å². The summed E-state index contributed by atoms with van der Waals surface area (Å²) in [4.78, 5) is 24.0. The number of ether oxygens (including phenoxy) is 1. The van der Waals surface area contributed by atoms with Crippen molar-refractivity contribution in [3.05, 3.63) is 59.2 Å². The average Bonchev–Trinajstić information content (AvgIpc) is 2.64. The van der Waals surface area contributed by atoms with Crippen molar-refractivity contribution < 1.29 is 22.7 Å². The quantitative estimate of drug-likeness (QED) is 0.642. The molecule has 2 N–H and O–H groups in total. The first-order chi connectivity index (χ1) is 13.6. The number of sulfonamides is 1. The molecule has 0 heterocycles. The van der Waals surface area contributed by atoms with Gasteiger partial charge in [-0.15, -0.1) is 0 Å². The van der Waals surface area contributed by atoms with E-state index in [0.717, 1.165) is 5.56 Å². The van der Waals surface area contributed by atoms with Crippen LogP contribution in [0, 0.1) is 19.8 Å². The monoisotopic (exact) mass is 418 g/mol. The first-order valence-electron chi connectivity index (χ1n) is 9.22.